The SMILES string of the molecule is COc1cc(N2CCN(C(=O)CCC3NC(=O)NC3=O)CC2)cc(F)c1F. The fraction of sp³-hybridized carbons (Fsp3) is 0.471. The fourth-order valence-electron chi connectivity index (χ4n) is 3.18. The van der Waals surface area contributed by atoms with Gasteiger partial charge in [0.05, 0.1) is 7.11 Å². The molecule has 2 fully saturated rings. The number of ether oxygens (including phenoxy) is 1. The van der Waals surface area contributed by atoms with Crippen molar-refractivity contribution in [2.45, 2.75) is 18.9 Å². The van der Waals surface area contributed by atoms with Crippen molar-refractivity contribution in [1.82, 2.24) is 15.5 Å². The van der Waals surface area contributed by atoms with Crippen LogP contribution in [0.1, 0.15) is 12.8 Å². The lowest BCUT2D eigenvalue weighted by Gasteiger charge is -2.36. The van der Waals surface area contributed by atoms with Crippen molar-refractivity contribution in [3.8, 4) is 5.75 Å². The Balaban J connectivity index is 1.53. The maximum Gasteiger partial charge on any atom is 0.322 e. The number of imide groups is 1. The largest absolute Gasteiger partial charge is 0.493 e. The number of hydrogen-bond acceptors (Lipinski definition) is 5. The maximum absolute atomic E-state index is 13.7. The van der Waals surface area contributed by atoms with Crippen molar-refractivity contribution < 1.29 is 27.9 Å². The fourth-order valence-corrected chi connectivity index (χ4v) is 3.18. The van der Waals surface area contributed by atoms with Gasteiger partial charge in [-0.25, -0.2) is 9.18 Å². The number of anilines is 1. The van der Waals surface area contributed by atoms with Crippen LogP contribution in [0.25, 0.3) is 0 Å². The van der Waals surface area contributed by atoms with Crippen molar-refractivity contribution in [2.75, 3.05) is 38.2 Å². The molecule has 146 valence electrons. The minimum Gasteiger partial charge on any atom is -0.493 e. The summed E-state index contributed by atoms with van der Waals surface area (Å²) < 4.78 is 32.1. The van der Waals surface area contributed by atoms with Gasteiger partial charge < -0.3 is 19.9 Å². The molecule has 4 amide bonds. The molecule has 0 aliphatic carbocycles. The number of nitrogens with one attached hydrogen (secondary N) is 2. The molecule has 2 heterocycles. The number of amides is 4. The minimum absolute atomic E-state index is 0.119. The van der Waals surface area contributed by atoms with Crippen LogP contribution in [-0.4, -0.2) is 62.1 Å². The van der Waals surface area contributed by atoms with Crippen LogP contribution < -0.4 is 20.3 Å². The summed E-state index contributed by atoms with van der Waals surface area (Å²) >= 11 is 0. The molecule has 0 spiro atoms. The Kier molecular flexibility index (Phi) is 5.43. The van der Waals surface area contributed by atoms with Gasteiger partial charge in [0.25, 0.3) is 5.91 Å². The Hall–Kier alpha value is -2.91. The Morgan fingerprint density at radius 1 is 1.22 bits per heavy atom. The van der Waals surface area contributed by atoms with E-state index in [-0.39, 0.29) is 24.5 Å². The van der Waals surface area contributed by atoms with Crippen molar-refractivity contribution >= 4 is 23.5 Å². The third-order valence-electron chi connectivity index (χ3n) is 4.70. The topological polar surface area (TPSA) is 91.0 Å². The molecule has 0 bridgehead atoms. The molecule has 8 nitrogen and oxygen atoms in total. The number of nitrogens with zero attached hydrogens (tertiary/aromatic N) is 2. The summed E-state index contributed by atoms with van der Waals surface area (Å²) in [5, 5.41) is 4.58. The number of hydrogen-bond donors (Lipinski definition) is 2. The molecule has 0 saturated carbocycles. The third-order valence-corrected chi connectivity index (χ3v) is 4.70. The summed E-state index contributed by atoms with van der Waals surface area (Å²) in [6, 6.07) is 1.30. The second kappa shape index (κ2) is 7.77. The lowest BCUT2D eigenvalue weighted by Crippen LogP contribution is -2.49. The molecule has 1 aromatic rings. The summed E-state index contributed by atoms with van der Waals surface area (Å²) in [6.07, 6.45) is 0.369. The molecule has 2 aliphatic heterocycles. The first-order valence-electron chi connectivity index (χ1n) is 8.56. The second-order valence-corrected chi connectivity index (χ2v) is 6.37. The number of rotatable bonds is 5. The van der Waals surface area contributed by atoms with E-state index < -0.39 is 29.6 Å². The Labute approximate surface area is 154 Å². The molecule has 0 radical (unpaired) electrons. The summed E-state index contributed by atoms with van der Waals surface area (Å²) in [7, 11) is 1.27. The molecule has 3 rings (SSSR count). The maximum atomic E-state index is 13.7. The van der Waals surface area contributed by atoms with E-state index in [2.05, 4.69) is 10.6 Å². The third kappa shape index (κ3) is 4.09. The number of piperazine rings is 1. The molecule has 1 atom stereocenters. The average molecular weight is 382 g/mol. The van der Waals surface area contributed by atoms with Gasteiger partial charge in [-0.05, 0) is 6.42 Å². The molecular weight excluding hydrogens is 362 g/mol. The molecule has 2 N–H and O–H groups in total. The average Bonchev–Trinajstić information content (AvgIpc) is 2.99. The van der Waals surface area contributed by atoms with Gasteiger partial charge in [0.15, 0.2) is 11.6 Å². The zero-order valence-corrected chi connectivity index (χ0v) is 14.8. The highest BCUT2D eigenvalue weighted by molar-refractivity contribution is 6.04. The number of carbonyl (C=O) groups excluding carboxylic acids is 3. The second-order valence-electron chi connectivity index (χ2n) is 6.37. The van der Waals surface area contributed by atoms with Gasteiger partial charge in [-0.15, -0.1) is 0 Å². The van der Waals surface area contributed by atoms with Crippen molar-refractivity contribution in [2.24, 2.45) is 0 Å². The van der Waals surface area contributed by atoms with Crippen LogP contribution in [0.5, 0.6) is 5.75 Å². The lowest BCUT2D eigenvalue weighted by molar-refractivity contribution is -0.131. The van der Waals surface area contributed by atoms with Crippen LogP contribution >= 0.6 is 0 Å². The molecule has 2 saturated heterocycles. The zero-order chi connectivity index (χ0) is 19.6. The van der Waals surface area contributed by atoms with Gasteiger partial charge in [-0.3, -0.25) is 14.9 Å². The molecule has 27 heavy (non-hydrogen) atoms. The summed E-state index contributed by atoms with van der Waals surface area (Å²) in [5.41, 5.74) is 0.489. The molecule has 10 heteroatoms. The van der Waals surface area contributed by atoms with Gasteiger partial charge in [-0.1, -0.05) is 0 Å². The number of methoxy groups -OCH3 is 1. The van der Waals surface area contributed by atoms with E-state index in [1.54, 1.807) is 4.90 Å². The molecule has 1 unspecified atom stereocenters. The van der Waals surface area contributed by atoms with Gasteiger partial charge in [-0.2, -0.15) is 4.39 Å². The standard InChI is InChI=1S/C17H20F2N4O4/c1-27-13-9-10(8-11(18)15(13)19)22-4-6-23(7-5-22)14(24)3-2-12-16(25)21-17(26)20-12/h8-9,12H,2-7H2,1H3,(H2,20,21,25,26). The van der Waals surface area contributed by atoms with Gasteiger partial charge in [0.1, 0.15) is 6.04 Å². The Bertz CT molecular complexity index is 766. The van der Waals surface area contributed by atoms with Crippen LogP contribution in [0, 0.1) is 11.6 Å². The zero-order valence-electron chi connectivity index (χ0n) is 14.8. The van der Waals surface area contributed by atoms with Crippen LogP contribution in [0.4, 0.5) is 19.3 Å². The highest BCUT2D eigenvalue weighted by Gasteiger charge is 2.30. The smallest absolute Gasteiger partial charge is 0.322 e. The highest BCUT2D eigenvalue weighted by atomic mass is 19.2. The summed E-state index contributed by atoms with van der Waals surface area (Å²) in [5.74, 6) is -2.73. The quantitative estimate of drug-likeness (QED) is 0.729. The van der Waals surface area contributed by atoms with E-state index >= 15 is 0 Å². The van der Waals surface area contributed by atoms with Crippen LogP contribution in [0.3, 0.4) is 0 Å². The predicted octanol–water partition coefficient (Wildman–Crippen LogP) is 0.610. The number of halogens is 2. The van der Waals surface area contributed by atoms with Gasteiger partial charge in [0, 0.05) is 50.4 Å². The number of urea groups is 1. The normalized spacial score (nSPS) is 19.7. The van der Waals surface area contributed by atoms with Crippen LogP contribution in [0.15, 0.2) is 12.1 Å². The van der Waals surface area contributed by atoms with E-state index in [1.807, 2.05) is 4.90 Å². The van der Waals surface area contributed by atoms with Crippen molar-refractivity contribution in [1.29, 1.82) is 0 Å². The molecule has 2 aliphatic rings. The monoisotopic (exact) mass is 382 g/mol. The molecular formula is C17H20F2N4O4. The van der Waals surface area contributed by atoms with Gasteiger partial charge >= 0.3 is 6.03 Å². The van der Waals surface area contributed by atoms with E-state index in [0.29, 0.717) is 31.9 Å². The summed E-state index contributed by atoms with van der Waals surface area (Å²) in [4.78, 5) is 38.4. The van der Waals surface area contributed by atoms with E-state index in [1.165, 1.54) is 13.2 Å². The minimum atomic E-state index is -1.03. The first-order valence-corrected chi connectivity index (χ1v) is 8.56. The van der Waals surface area contributed by atoms with Crippen molar-refractivity contribution in [3.63, 3.8) is 0 Å². The Morgan fingerprint density at radius 2 is 1.93 bits per heavy atom. The lowest BCUT2D eigenvalue weighted by atomic mass is 10.1. The number of benzene rings is 1. The summed E-state index contributed by atoms with van der Waals surface area (Å²) in [6.45, 7) is 1.76. The van der Waals surface area contributed by atoms with Gasteiger partial charge in [0.2, 0.25) is 11.7 Å². The number of carbonyl (C=O) groups is 3. The molecule has 1 aromatic carbocycles. The van der Waals surface area contributed by atoms with E-state index in [4.69, 9.17) is 4.74 Å². The molecule has 0 aromatic heterocycles. The van der Waals surface area contributed by atoms with Crippen molar-refractivity contribution in [3.05, 3.63) is 23.8 Å². The van der Waals surface area contributed by atoms with Crippen LogP contribution in [-0.2, 0) is 9.59 Å². The first kappa shape index (κ1) is 18.9. The predicted molar refractivity (Wildman–Crippen MR) is 91.4 cm³/mol. The highest BCUT2D eigenvalue weighted by Crippen LogP contribution is 2.28. The first-order chi connectivity index (χ1) is 12.9. The van der Waals surface area contributed by atoms with E-state index in [9.17, 15) is 23.2 Å². The van der Waals surface area contributed by atoms with Crippen LogP contribution in [0.2, 0.25) is 0 Å². The van der Waals surface area contributed by atoms with E-state index in [0.717, 1.165) is 6.07 Å². The Morgan fingerprint density at radius 3 is 2.52 bits per heavy atom.